The van der Waals surface area contributed by atoms with Crippen molar-refractivity contribution in [3.8, 4) is 0 Å². The second-order valence-corrected chi connectivity index (χ2v) is 9.82. The van der Waals surface area contributed by atoms with Crippen LogP contribution in [0.4, 0.5) is 0 Å². The maximum absolute atomic E-state index is 13.7. The van der Waals surface area contributed by atoms with E-state index in [9.17, 15) is 4.79 Å². The second-order valence-electron chi connectivity index (χ2n) is 9.82. The topological polar surface area (TPSA) is 47.9 Å². The zero-order valence-corrected chi connectivity index (χ0v) is 19.9. The number of benzene rings is 2. The summed E-state index contributed by atoms with van der Waals surface area (Å²) < 4.78 is 6.28. The van der Waals surface area contributed by atoms with Crippen molar-refractivity contribution in [2.75, 3.05) is 0 Å². The third-order valence-corrected chi connectivity index (χ3v) is 6.94. The molecule has 1 heterocycles. The molecule has 1 aliphatic heterocycles. The van der Waals surface area contributed by atoms with Crippen molar-refractivity contribution in [2.24, 2.45) is 17.0 Å². The molecule has 1 aliphatic carbocycles. The van der Waals surface area contributed by atoms with Crippen LogP contribution >= 0.6 is 0 Å². The summed E-state index contributed by atoms with van der Waals surface area (Å²) in [5.74, 6) is -0.311. The van der Waals surface area contributed by atoms with Crippen LogP contribution in [0.5, 0.6) is 0 Å². The molecule has 0 spiro atoms. The third-order valence-electron chi connectivity index (χ3n) is 6.94. The fraction of sp³-hybridized carbons (Fsp3) is 0.500. The molecule has 0 radical (unpaired) electrons. The third kappa shape index (κ3) is 4.46. The molecule has 4 heteroatoms. The van der Waals surface area contributed by atoms with Crippen LogP contribution in [0.1, 0.15) is 73.3 Å². The molecule has 0 unspecified atom stereocenters. The number of nitrogens with zero attached hydrogens (tertiary/aromatic N) is 1. The number of hydrogen-bond acceptors (Lipinski definition) is 4. The van der Waals surface area contributed by atoms with Crippen LogP contribution in [0.25, 0.3) is 0 Å². The van der Waals surface area contributed by atoms with Gasteiger partial charge in [-0.15, -0.1) is 0 Å². The van der Waals surface area contributed by atoms with Crippen molar-refractivity contribution < 1.29 is 14.4 Å². The molecule has 4 nitrogen and oxygen atoms in total. The van der Waals surface area contributed by atoms with Gasteiger partial charge in [0.25, 0.3) is 0 Å². The van der Waals surface area contributed by atoms with Gasteiger partial charge < -0.3 is 9.57 Å². The van der Waals surface area contributed by atoms with Crippen molar-refractivity contribution in [1.82, 2.24) is 0 Å². The Morgan fingerprint density at radius 1 is 1.03 bits per heavy atom. The van der Waals surface area contributed by atoms with Gasteiger partial charge >= 0.3 is 5.97 Å². The molecule has 4 atom stereocenters. The van der Waals surface area contributed by atoms with Gasteiger partial charge in [-0.1, -0.05) is 73.5 Å². The number of carbonyl (C=O) groups excluding carboxylic acids is 1. The van der Waals surface area contributed by atoms with Gasteiger partial charge in [0, 0.05) is 11.5 Å². The lowest BCUT2D eigenvalue weighted by molar-refractivity contribution is -0.158. The van der Waals surface area contributed by atoms with E-state index >= 15 is 0 Å². The van der Waals surface area contributed by atoms with E-state index in [-0.39, 0.29) is 30.0 Å². The number of hydrogen-bond donors (Lipinski definition) is 0. The normalized spacial score (nSPS) is 25.4. The molecular formula is C28H35NO3. The highest BCUT2D eigenvalue weighted by Crippen LogP contribution is 2.37. The first kappa shape index (κ1) is 22.6. The van der Waals surface area contributed by atoms with Crippen LogP contribution < -0.4 is 0 Å². The molecule has 0 aromatic heterocycles. The Balaban J connectivity index is 1.63. The van der Waals surface area contributed by atoms with Gasteiger partial charge in [-0.3, -0.25) is 4.79 Å². The molecule has 0 bridgehead atoms. The summed E-state index contributed by atoms with van der Waals surface area (Å²) in [7, 11) is 0. The van der Waals surface area contributed by atoms with Crippen molar-refractivity contribution in [3.63, 3.8) is 0 Å². The van der Waals surface area contributed by atoms with Gasteiger partial charge in [0.2, 0.25) is 0 Å². The van der Waals surface area contributed by atoms with E-state index in [0.717, 1.165) is 41.7 Å². The Bertz CT molecular complexity index is 972. The minimum atomic E-state index is -0.506. The lowest BCUT2D eigenvalue weighted by atomic mass is 9.81. The maximum atomic E-state index is 13.7. The number of esters is 1. The van der Waals surface area contributed by atoms with Crippen LogP contribution in [-0.4, -0.2) is 23.9 Å². The Hall–Kier alpha value is -2.62. The van der Waals surface area contributed by atoms with E-state index in [1.165, 1.54) is 17.5 Å². The Morgan fingerprint density at radius 3 is 2.34 bits per heavy atom. The SMILES string of the molecule is Cc1cc(C)c(C2=NO[C@@H](C(C)C)[C@@H]2C(=O)O[C@@H]2CCCC[C@H]2c2ccccc2)c(C)c1. The van der Waals surface area contributed by atoms with E-state index in [1.807, 2.05) is 6.07 Å². The van der Waals surface area contributed by atoms with E-state index in [2.05, 4.69) is 76.2 Å². The van der Waals surface area contributed by atoms with Gasteiger partial charge in [-0.05, 0) is 62.6 Å². The van der Waals surface area contributed by atoms with Crippen molar-refractivity contribution >= 4 is 11.7 Å². The minimum absolute atomic E-state index is 0.103. The van der Waals surface area contributed by atoms with E-state index in [4.69, 9.17) is 9.57 Å². The molecule has 0 saturated heterocycles. The van der Waals surface area contributed by atoms with Gasteiger partial charge in [0.1, 0.15) is 23.8 Å². The van der Waals surface area contributed by atoms with Gasteiger partial charge in [0.15, 0.2) is 0 Å². The molecule has 1 saturated carbocycles. The molecular weight excluding hydrogens is 398 g/mol. The first-order chi connectivity index (χ1) is 15.4. The standard InChI is InChI=1S/C28H35NO3/c1-17(2)27-25(26(29-32-27)24-19(4)15-18(3)16-20(24)5)28(30)31-23-14-10-9-13-22(23)21-11-7-6-8-12-21/h6-8,11-12,15-17,22-23,25,27H,9-10,13-14H2,1-5H3/t22-,23+,25+,27-/m0/s1. The highest BCUT2D eigenvalue weighted by Gasteiger charge is 2.45. The quantitative estimate of drug-likeness (QED) is 0.523. The average Bonchev–Trinajstić information content (AvgIpc) is 3.19. The summed E-state index contributed by atoms with van der Waals surface area (Å²) in [6.45, 7) is 10.4. The first-order valence-electron chi connectivity index (χ1n) is 11.9. The Kier molecular flexibility index (Phi) is 6.68. The number of oxime groups is 1. The second kappa shape index (κ2) is 9.48. The van der Waals surface area contributed by atoms with E-state index in [1.54, 1.807) is 0 Å². The lowest BCUT2D eigenvalue weighted by Gasteiger charge is -2.33. The molecule has 170 valence electrons. The summed E-state index contributed by atoms with van der Waals surface area (Å²) in [5.41, 5.74) is 6.43. The minimum Gasteiger partial charge on any atom is -0.461 e. The van der Waals surface area contributed by atoms with Gasteiger partial charge in [-0.2, -0.15) is 0 Å². The summed E-state index contributed by atoms with van der Waals surface area (Å²) in [6, 6.07) is 14.7. The predicted octanol–water partition coefficient (Wildman–Crippen LogP) is 6.26. The molecule has 2 aromatic carbocycles. The highest BCUT2D eigenvalue weighted by atomic mass is 16.6. The molecule has 4 rings (SSSR count). The zero-order valence-electron chi connectivity index (χ0n) is 19.9. The van der Waals surface area contributed by atoms with Gasteiger partial charge in [-0.25, -0.2) is 0 Å². The van der Waals surface area contributed by atoms with Gasteiger partial charge in [0.05, 0.1) is 0 Å². The molecule has 0 N–H and O–H groups in total. The van der Waals surface area contributed by atoms with Crippen LogP contribution in [-0.2, 0) is 14.4 Å². The smallest absolute Gasteiger partial charge is 0.319 e. The molecule has 0 amide bonds. The zero-order chi connectivity index (χ0) is 22.8. The largest absolute Gasteiger partial charge is 0.461 e. The number of carbonyl (C=O) groups is 1. The fourth-order valence-corrected chi connectivity index (χ4v) is 5.47. The first-order valence-corrected chi connectivity index (χ1v) is 11.9. The highest BCUT2D eigenvalue weighted by molar-refractivity contribution is 6.14. The number of rotatable bonds is 5. The van der Waals surface area contributed by atoms with Crippen LogP contribution in [0, 0.1) is 32.6 Å². The average molecular weight is 434 g/mol. The summed E-state index contributed by atoms with van der Waals surface area (Å²) in [4.78, 5) is 19.5. The molecule has 1 fully saturated rings. The van der Waals surface area contributed by atoms with Crippen LogP contribution in [0.15, 0.2) is 47.6 Å². The summed E-state index contributed by atoms with van der Waals surface area (Å²) in [6.07, 6.45) is 3.80. The van der Waals surface area contributed by atoms with Crippen molar-refractivity contribution in [2.45, 2.75) is 78.4 Å². The Labute approximate surface area is 192 Å². The summed E-state index contributed by atoms with van der Waals surface area (Å²) in [5, 5.41) is 4.45. The fourth-order valence-electron chi connectivity index (χ4n) is 5.47. The predicted molar refractivity (Wildman–Crippen MR) is 128 cm³/mol. The number of ether oxygens (including phenoxy) is 1. The van der Waals surface area contributed by atoms with Crippen LogP contribution in [0.2, 0.25) is 0 Å². The van der Waals surface area contributed by atoms with Crippen molar-refractivity contribution in [3.05, 3.63) is 70.3 Å². The Morgan fingerprint density at radius 2 is 1.69 bits per heavy atom. The van der Waals surface area contributed by atoms with E-state index < -0.39 is 5.92 Å². The monoisotopic (exact) mass is 433 g/mol. The summed E-state index contributed by atoms with van der Waals surface area (Å²) >= 11 is 0. The van der Waals surface area contributed by atoms with Crippen molar-refractivity contribution in [1.29, 1.82) is 0 Å². The van der Waals surface area contributed by atoms with E-state index in [0.29, 0.717) is 0 Å². The molecule has 2 aromatic rings. The van der Waals surface area contributed by atoms with Crippen LogP contribution in [0.3, 0.4) is 0 Å². The maximum Gasteiger partial charge on any atom is 0.319 e. The number of aryl methyl sites for hydroxylation is 3. The lowest BCUT2D eigenvalue weighted by Crippen LogP contribution is -2.40. The molecule has 2 aliphatic rings. The molecule has 32 heavy (non-hydrogen) atoms.